The summed E-state index contributed by atoms with van der Waals surface area (Å²) in [7, 11) is 1.58. The Kier molecular flexibility index (Phi) is 11.1. The number of ether oxygens (including phenoxy) is 3. The minimum absolute atomic E-state index is 0.0636. The monoisotopic (exact) mass is 542 g/mol. The SMILES string of the molecule is C=CC(=O)OCCCC(F)(F)CCCOc1ccc2cc(-c3ccc(CCCCC)cc3OC)c(=O)oc2c1. The fraction of sp³-hybridized carbons (Fsp3) is 0.419. The molecular formula is C31H36F2O6. The number of fused-ring (bicyclic) bond motifs is 1. The molecule has 39 heavy (non-hydrogen) atoms. The van der Waals surface area contributed by atoms with E-state index in [1.807, 2.05) is 18.2 Å². The van der Waals surface area contributed by atoms with Crippen LogP contribution in [0.25, 0.3) is 22.1 Å². The Morgan fingerprint density at radius 2 is 1.77 bits per heavy atom. The first-order valence-electron chi connectivity index (χ1n) is 13.3. The van der Waals surface area contributed by atoms with Crippen molar-refractivity contribution >= 4 is 16.9 Å². The lowest BCUT2D eigenvalue weighted by Crippen LogP contribution is -2.18. The maximum absolute atomic E-state index is 14.1. The zero-order chi connectivity index (χ0) is 28.3. The summed E-state index contributed by atoms with van der Waals surface area (Å²) in [4.78, 5) is 23.8. The Labute approximate surface area is 227 Å². The zero-order valence-electron chi connectivity index (χ0n) is 22.6. The van der Waals surface area contributed by atoms with Crippen molar-refractivity contribution in [3.05, 3.63) is 71.1 Å². The average Bonchev–Trinajstić information content (AvgIpc) is 2.93. The third-order valence-electron chi connectivity index (χ3n) is 6.39. The third-order valence-corrected chi connectivity index (χ3v) is 6.39. The lowest BCUT2D eigenvalue weighted by atomic mass is 10.00. The molecule has 1 aromatic heterocycles. The Bertz CT molecular complexity index is 1310. The zero-order valence-corrected chi connectivity index (χ0v) is 22.6. The molecule has 0 radical (unpaired) electrons. The number of hydrogen-bond acceptors (Lipinski definition) is 6. The molecule has 0 saturated carbocycles. The van der Waals surface area contributed by atoms with Gasteiger partial charge in [-0.1, -0.05) is 38.5 Å². The van der Waals surface area contributed by atoms with E-state index < -0.39 is 17.5 Å². The molecule has 210 valence electrons. The molecule has 0 fully saturated rings. The second-order valence-corrected chi connectivity index (χ2v) is 9.42. The second-order valence-electron chi connectivity index (χ2n) is 9.42. The first-order chi connectivity index (χ1) is 18.8. The van der Waals surface area contributed by atoms with Gasteiger partial charge < -0.3 is 18.6 Å². The molecule has 0 amide bonds. The van der Waals surface area contributed by atoms with Crippen molar-refractivity contribution in [1.29, 1.82) is 0 Å². The summed E-state index contributed by atoms with van der Waals surface area (Å²) in [6.07, 6.45) is 4.81. The summed E-state index contributed by atoms with van der Waals surface area (Å²) in [6.45, 7) is 5.43. The molecule has 2 aromatic carbocycles. The number of aryl methyl sites for hydroxylation is 1. The van der Waals surface area contributed by atoms with Crippen LogP contribution >= 0.6 is 0 Å². The maximum atomic E-state index is 14.1. The van der Waals surface area contributed by atoms with Crippen LogP contribution in [0.5, 0.6) is 11.5 Å². The summed E-state index contributed by atoms with van der Waals surface area (Å²) in [5, 5.41) is 0.703. The normalized spacial score (nSPS) is 11.4. The molecule has 0 aliphatic heterocycles. The van der Waals surface area contributed by atoms with Gasteiger partial charge in [-0.2, -0.15) is 0 Å². The molecule has 3 rings (SSSR count). The van der Waals surface area contributed by atoms with E-state index in [1.54, 1.807) is 31.4 Å². The van der Waals surface area contributed by atoms with Crippen LogP contribution in [-0.4, -0.2) is 32.2 Å². The highest BCUT2D eigenvalue weighted by Crippen LogP contribution is 2.32. The summed E-state index contributed by atoms with van der Waals surface area (Å²) in [5.41, 5.74) is 2.05. The van der Waals surface area contributed by atoms with Gasteiger partial charge >= 0.3 is 11.6 Å². The molecule has 0 saturated heterocycles. The molecule has 0 unspecified atom stereocenters. The Morgan fingerprint density at radius 1 is 1.00 bits per heavy atom. The van der Waals surface area contributed by atoms with E-state index in [0.717, 1.165) is 37.3 Å². The molecule has 0 aliphatic rings. The number of carbonyl (C=O) groups is 1. The van der Waals surface area contributed by atoms with Crippen molar-refractivity contribution in [1.82, 2.24) is 0 Å². The molecule has 0 N–H and O–H groups in total. The number of methoxy groups -OCH3 is 1. The van der Waals surface area contributed by atoms with E-state index in [4.69, 9.17) is 18.6 Å². The van der Waals surface area contributed by atoms with Gasteiger partial charge in [-0.3, -0.25) is 0 Å². The largest absolute Gasteiger partial charge is 0.496 e. The lowest BCUT2D eigenvalue weighted by Gasteiger charge is -2.16. The van der Waals surface area contributed by atoms with Crippen LogP contribution in [0.4, 0.5) is 8.78 Å². The van der Waals surface area contributed by atoms with Crippen LogP contribution in [0.3, 0.4) is 0 Å². The predicted octanol–water partition coefficient (Wildman–Crippen LogP) is 7.51. The van der Waals surface area contributed by atoms with Crippen molar-refractivity contribution in [2.45, 2.75) is 64.2 Å². The van der Waals surface area contributed by atoms with Gasteiger partial charge in [0.05, 0.1) is 25.9 Å². The fourth-order valence-electron chi connectivity index (χ4n) is 4.27. The van der Waals surface area contributed by atoms with Crippen LogP contribution in [0.2, 0.25) is 0 Å². The van der Waals surface area contributed by atoms with Crippen LogP contribution in [-0.2, 0) is 16.0 Å². The van der Waals surface area contributed by atoms with E-state index in [2.05, 4.69) is 13.5 Å². The maximum Gasteiger partial charge on any atom is 0.344 e. The highest BCUT2D eigenvalue weighted by Gasteiger charge is 2.27. The Hall–Kier alpha value is -3.68. The minimum atomic E-state index is -2.88. The molecule has 0 atom stereocenters. The van der Waals surface area contributed by atoms with Crippen molar-refractivity contribution in [3.8, 4) is 22.6 Å². The van der Waals surface area contributed by atoms with Crippen LogP contribution in [0, 0.1) is 0 Å². The number of rotatable bonds is 16. The number of halogens is 2. The number of benzene rings is 2. The standard InChI is InChI=1S/C31H36F2O6/c1-4-6-7-10-22-11-14-25(28(19-22)36-3)26-20-23-12-13-24(21-27(23)39-30(26)35)37-17-8-15-31(32,33)16-9-18-38-29(34)5-2/h5,11-14,19-21H,2,4,6-10,15-18H2,1,3H3. The van der Waals surface area contributed by atoms with Gasteiger partial charge in [-0.15, -0.1) is 0 Å². The van der Waals surface area contributed by atoms with E-state index >= 15 is 0 Å². The quantitative estimate of drug-likeness (QED) is 0.0807. The second kappa shape index (κ2) is 14.5. The van der Waals surface area contributed by atoms with Gasteiger partial charge in [0.2, 0.25) is 5.92 Å². The van der Waals surface area contributed by atoms with Gasteiger partial charge in [0, 0.05) is 35.9 Å². The number of esters is 1. The Morgan fingerprint density at radius 3 is 2.49 bits per heavy atom. The topological polar surface area (TPSA) is 75.0 Å². The molecule has 6 nitrogen and oxygen atoms in total. The number of hydrogen-bond donors (Lipinski definition) is 0. The Balaban J connectivity index is 1.60. The van der Waals surface area contributed by atoms with Crippen LogP contribution in [0.15, 0.2) is 64.3 Å². The molecular weight excluding hydrogens is 506 g/mol. The van der Waals surface area contributed by atoms with Crippen molar-refractivity contribution < 1.29 is 32.2 Å². The molecule has 3 aromatic rings. The molecule has 0 aliphatic carbocycles. The van der Waals surface area contributed by atoms with E-state index in [0.29, 0.717) is 33.6 Å². The predicted molar refractivity (Wildman–Crippen MR) is 148 cm³/mol. The number of carbonyl (C=O) groups excluding carboxylic acids is 1. The third kappa shape index (κ3) is 8.94. The highest BCUT2D eigenvalue weighted by atomic mass is 19.3. The molecule has 1 heterocycles. The molecule has 8 heteroatoms. The first kappa shape index (κ1) is 29.9. The fourth-order valence-corrected chi connectivity index (χ4v) is 4.27. The van der Waals surface area contributed by atoms with Gasteiger partial charge in [0.15, 0.2) is 0 Å². The highest BCUT2D eigenvalue weighted by molar-refractivity contribution is 5.84. The summed E-state index contributed by atoms with van der Waals surface area (Å²) in [6, 6.07) is 12.7. The van der Waals surface area contributed by atoms with E-state index in [-0.39, 0.29) is 38.9 Å². The first-order valence-corrected chi connectivity index (χ1v) is 13.3. The van der Waals surface area contributed by atoms with E-state index in [9.17, 15) is 18.4 Å². The number of unbranched alkanes of at least 4 members (excludes halogenated alkanes) is 2. The van der Waals surface area contributed by atoms with Crippen molar-refractivity contribution in [3.63, 3.8) is 0 Å². The van der Waals surface area contributed by atoms with Crippen molar-refractivity contribution in [2.24, 2.45) is 0 Å². The van der Waals surface area contributed by atoms with E-state index in [1.165, 1.54) is 0 Å². The molecule has 0 bridgehead atoms. The smallest absolute Gasteiger partial charge is 0.344 e. The summed E-state index contributed by atoms with van der Waals surface area (Å²) < 4.78 is 49.6. The van der Waals surface area contributed by atoms with Gasteiger partial charge in [-0.25, -0.2) is 18.4 Å². The van der Waals surface area contributed by atoms with Gasteiger partial charge in [0.1, 0.15) is 17.1 Å². The minimum Gasteiger partial charge on any atom is -0.496 e. The lowest BCUT2D eigenvalue weighted by molar-refractivity contribution is -0.138. The summed E-state index contributed by atoms with van der Waals surface area (Å²) >= 11 is 0. The van der Waals surface area contributed by atoms with Crippen LogP contribution in [0.1, 0.15) is 57.4 Å². The average molecular weight is 543 g/mol. The van der Waals surface area contributed by atoms with Gasteiger partial charge in [0.25, 0.3) is 0 Å². The van der Waals surface area contributed by atoms with Crippen LogP contribution < -0.4 is 15.1 Å². The summed E-state index contributed by atoms with van der Waals surface area (Å²) in [5.74, 6) is -2.47. The van der Waals surface area contributed by atoms with Gasteiger partial charge in [-0.05, 0) is 55.5 Å². The number of alkyl halides is 2. The van der Waals surface area contributed by atoms with Crippen molar-refractivity contribution in [2.75, 3.05) is 20.3 Å². The molecule has 0 spiro atoms.